The highest BCUT2D eigenvalue weighted by Crippen LogP contribution is 2.30. The lowest BCUT2D eigenvalue weighted by Gasteiger charge is -2.09. The van der Waals surface area contributed by atoms with Crippen LogP contribution >= 0.6 is 0 Å². The van der Waals surface area contributed by atoms with Crippen molar-refractivity contribution in [3.05, 3.63) is 48.4 Å². The van der Waals surface area contributed by atoms with Gasteiger partial charge in [0.05, 0.1) is 4.90 Å². The van der Waals surface area contributed by atoms with Crippen LogP contribution in [0.15, 0.2) is 53.3 Å². The van der Waals surface area contributed by atoms with Gasteiger partial charge in [-0.25, -0.2) is 13.4 Å². The zero-order valence-corrected chi connectivity index (χ0v) is 15.0. The summed E-state index contributed by atoms with van der Waals surface area (Å²) in [4.78, 5) is 8.68. The van der Waals surface area contributed by atoms with Gasteiger partial charge in [0, 0.05) is 29.8 Å². The van der Waals surface area contributed by atoms with Crippen LogP contribution in [-0.4, -0.2) is 30.4 Å². The first kappa shape index (κ1) is 17.9. The van der Waals surface area contributed by atoms with Gasteiger partial charge in [0.15, 0.2) is 9.84 Å². The van der Waals surface area contributed by atoms with E-state index in [1.165, 1.54) is 12.1 Å². The molecule has 1 aromatic carbocycles. The van der Waals surface area contributed by atoms with E-state index >= 15 is 0 Å². The molecule has 0 radical (unpaired) electrons. The fourth-order valence-corrected chi connectivity index (χ4v) is 2.90. The monoisotopic (exact) mass is 372 g/mol. The Hall–Kier alpha value is -2.94. The second kappa shape index (κ2) is 7.12. The summed E-state index contributed by atoms with van der Waals surface area (Å²) in [7, 11) is -3.23. The Kier molecular flexibility index (Phi) is 4.90. The Morgan fingerprint density at radius 1 is 1.27 bits per heavy atom. The molecule has 0 amide bonds. The molecule has 1 heterocycles. The van der Waals surface area contributed by atoms with E-state index in [0.29, 0.717) is 34.9 Å². The molecule has 1 aliphatic rings. The summed E-state index contributed by atoms with van der Waals surface area (Å²) >= 11 is 0. The maximum absolute atomic E-state index is 11.5. The molecule has 0 saturated heterocycles. The van der Waals surface area contributed by atoms with Gasteiger partial charge in [-0.3, -0.25) is 0 Å². The number of anilines is 3. The third-order valence-electron chi connectivity index (χ3n) is 3.79. The second-order valence-electron chi connectivity index (χ2n) is 6.14. The summed E-state index contributed by atoms with van der Waals surface area (Å²) in [6.07, 6.45) is 6.43. The number of nitrogens with two attached hydrogens (primary N) is 1. The SMILES string of the molecule is CS(=O)(=O)c1ccc(Nc2nccc(N/C(N)=C/C(=N)C3CC3)n2)cc1. The highest BCUT2D eigenvalue weighted by molar-refractivity contribution is 7.90. The van der Waals surface area contributed by atoms with Crippen LogP contribution < -0.4 is 16.4 Å². The maximum Gasteiger partial charge on any atom is 0.229 e. The summed E-state index contributed by atoms with van der Waals surface area (Å²) in [5.41, 5.74) is 7.09. The van der Waals surface area contributed by atoms with Gasteiger partial charge in [-0.15, -0.1) is 0 Å². The predicted molar refractivity (Wildman–Crippen MR) is 101 cm³/mol. The fourth-order valence-electron chi connectivity index (χ4n) is 2.27. The molecule has 0 atom stereocenters. The van der Waals surface area contributed by atoms with E-state index in [-0.39, 0.29) is 4.90 Å². The minimum Gasteiger partial charge on any atom is -0.385 e. The Bertz CT molecular complexity index is 949. The zero-order chi connectivity index (χ0) is 18.7. The van der Waals surface area contributed by atoms with Gasteiger partial charge >= 0.3 is 0 Å². The van der Waals surface area contributed by atoms with Gasteiger partial charge in [0.25, 0.3) is 0 Å². The third kappa shape index (κ3) is 4.79. The van der Waals surface area contributed by atoms with Crippen molar-refractivity contribution in [3.63, 3.8) is 0 Å². The number of aromatic nitrogens is 2. The normalized spacial score (nSPS) is 14.7. The minimum absolute atomic E-state index is 0.246. The van der Waals surface area contributed by atoms with Gasteiger partial charge in [0.1, 0.15) is 11.6 Å². The molecule has 1 aromatic heterocycles. The molecule has 5 N–H and O–H groups in total. The smallest absolute Gasteiger partial charge is 0.229 e. The van der Waals surface area contributed by atoms with Crippen LogP contribution in [0, 0.1) is 11.3 Å². The lowest BCUT2D eigenvalue weighted by atomic mass is 10.2. The maximum atomic E-state index is 11.5. The first-order valence-electron chi connectivity index (χ1n) is 8.04. The Balaban J connectivity index is 1.68. The molecular weight excluding hydrogens is 352 g/mol. The molecule has 26 heavy (non-hydrogen) atoms. The summed E-state index contributed by atoms with van der Waals surface area (Å²) in [6.45, 7) is 0. The van der Waals surface area contributed by atoms with Gasteiger partial charge < -0.3 is 21.8 Å². The predicted octanol–water partition coefficient (Wildman–Crippen LogP) is 2.27. The Labute approximate surface area is 152 Å². The molecule has 3 rings (SSSR count). The Morgan fingerprint density at radius 3 is 2.58 bits per heavy atom. The summed E-state index contributed by atoms with van der Waals surface area (Å²) in [6, 6.07) is 7.99. The van der Waals surface area contributed by atoms with E-state index in [1.54, 1.807) is 30.5 Å². The molecule has 136 valence electrons. The van der Waals surface area contributed by atoms with Crippen molar-refractivity contribution in [1.29, 1.82) is 5.41 Å². The van der Waals surface area contributed by atoms with Crippen molar-refractivity contribution in [1.82, 2.24) is 9.97 Å². The van der Waals surface area contributed by atoms with Crippen LogP contribution in [0.4, 0.5) is 17.5 Å². The molecule has 2 aromatic rings. The minimum atomic E-state index is -3.23. The molecule has 9 heteroatoms. The first-order valence-corrected chi connectivity index (χ1v) is 9.93. The van der Waals surface area contributed by atoms with Gasteiger partial charge in [-0.1, -0.05) is 0 Å². The van der Waals surface area contributed by atoms with Crippen molar-refractivity contribution in [2.24, 2.45) is 11.7 Å². The van der Waals surface area contributed by atoms with Crippen molar-refractivity contribution in [2.45, 2.75) is 17.7 Å². The quantitative estimate of drug-likeness (QED) is 0.548. The molecule has 1 fully saturated rings. The summed E-state index contributed by atoms with van der Waals surface area (Å²) in [5, 5.41) is 13.8. The lowest BCUT2D eigenvalue weighted by Crippen LogP contribution is -2.13. The van der Waals surface area contributed by atoms with E-state index in [4.69, 9.17) is 11.1 Å². The molecule has 0 spiro atoms. The van der Waals surface area contributed by atoms with Crippen LogP contribution in [-0.2, 0) is 9.84 Å². The highest BCUT2D eigenvalue weighted by Gasteiger charge is 2.25. The van der Waals surface area contributed by atoms with Crippen LogP contribution in [0.1, 0.15) is 12.8 Å². The van der Waals surface area contributed by atoms with Crippen LogP contribution in [0.25, 0.3) is 0 Å². The standard InChI is InChI=1S/C17H20N6O2S/c1-26(24,25)13-6-4-12(5-7-13)21-17-20-9-8-16(23-17)22-15(19)10-14(18)11-2-3-11/h4-11,18H,2-3,19H2,1H3,(H2,20,21,22,23)/b15-10+,18-14?. The molecule has 0 aliphatic heterocycles. The molecule has 8 nitrogen and oxygen atoms in total. The number of hydrogen-bond donors (Lipinski definition) is 4. The van der Waals surface area contributed by atoms with Crippen molar-refractivity contribution in [2.75, 3.05) is 16.9 Å². The van der Waals surface area contributed by atoms with Crippen molar-refractivity contribution < 1.29 is 8.42 Å². The van der Waals surface area contributed by atoms with E-state index in [1.807, 2.05) is 0 Å². The van der Waals surface area contributed by atoms with Crippen LogP contribution in [0.5, 0.6) is 0 Å². The summed E-state index contributed by atoms with van der Waals surface area (Å²) < 4.78 is 23.0. The number of nitrogens with zero attached hydrogens (tertiary/aromatic N) is 2. The van der Waals surface area contributed by atoms with Crippen LogP contribution in [0.3, 0.4) is 0 Å². The highest BCUT2D eigenvalue weighted by atomic mass is 32.2. The number of benzene rings is 1. The molecular formula is C17H20N6O2S. The van der Waals surface area contributed by atoms with Crippen molar-refractivity contribution in [3.8, 4) is 0 Å². The van der Waals surface area contributed by atoms with Gasteiger partial charge in [-0.05, 0) is 49.2 Å². The Morgan fingerprint density at radius 2 is 1.96 bits per heavy atom. The van der Waals surface area contributed by atoms with E-state index in [0.717, 1.165) is 19.1 Å². The summed E-state index contributed by atoms with van der Waals surface area (Å²) in [5.74, 6) is 1.51. The fraction of sp³-hybridized carbons (Fsp3) is 0.235. The van der Waals surface area contributed by atoms with Crippen LogP contribution in [0.2, 0.25) is 0 Å². The second-order valence-corrected chi connectivity index (χ2v) is 8.16. The average molecular weight is 372 g/mol. The molecule has 1 aliphatic carbocycles. The van der Waals surface area contributed by atoms with E-state index in [9.17, 15) is 8.42 Å². The number of nitrogens with one attached hydrogen (secondary N) is 3. The average Bonchev–Trinajstić information content (AvgIpc) is 3.39. The zero-order valence-electron chi connectivity index (χ0n) is 14.2. The first-order chi connectivity index (χ1) is 12.3. The van der Waals surface area contributed by atoms with Crippen molar-refractivity contribution >= 4 is 33.0 Å². The molecule has 0 bridgehead atoms. The topological polar surface area (TPSA) is 134 Å². The molecule has 1 saturated carbocycles. The van der Waals surface area contributed by atoms with E-state index < -0.39 is 9.84 Å². The van der Waals surface area contributed by atoms with E-state index in [2.05, 4.69) is 20.6 Å². The molecule has 0 unspecified atom stereocenters. The number of sulfone groups is 1. The van der Waals surface area contributed by atoms with Gasteiger partial charge in [-0.2, -0.15) is 4.98 Å². The lowest BCUT2D eigenvalue weighted by molar-refractivity contribution is 0.602. The van der Waals surface area contributed by atoms with Gasteiger partial charge in [0.2, 0.25) is 5.95 Å². The number of hydrogen-bond acceptors (Lipinski definition) is 8. The number of rotatable bonds is 7. The third-order valence-corrected chi connectivity index (χ3v) is 4.92. The largest absolute Gasteiger partial charge is 0.385 e. The number of allylic oxidation sites excluding steroid dienone is 1.